The van der Waals surface area contributed by atoms with Crippen LogP contribution in [0.3, 0.4) is 0 Å². The average Bonchev–Trinajstić information content (AvgIpc) is 2.58. The Balaban J connectivity index is 2.89. The Morgan fingerprint density at radius 3 is 2.59 bits per heavy atom. The van der Waals surface area contributed by atoms with E-state index in [2.05, 4.69) is 24.5 Å². The van der Waals surface area contributed by atoms with Crippen molar-refractivity contribution in [1.29, 1.82) is 5.26 Å². The summed E-state index contributed by atoms with van der Waals surface area (Å²) in [5, 5.41) is 12.1. The van der Waals surface area contributed by atoms with Crippen molar-refractivity contribution in [3.63, 3.8) is 0 Å². The van der Waals surface area contributed by atoms with Gasteiger partial charge < -0.3 is 10.2 Å². The second-order valence-electron chi connectivity index (χ2n) is 6.87. The van der Waals surface area contributed by atoms with Crippen LogP contribution in [0.1, 0.15) is 33.1 Å². The predicted octanol–water partition coefficient (Wildman–Crippen LogP) is 5.25. The third-order valence-corrected chi connectivity index (χ3v) is 4.40. The van der Waals surface area contributed by atoms with Crippen molar-refractivity contribution in [3.05, 3.63) is 71.1 Å². The van der Waals surface area contributed by atoms with Gasteiger partial charge >= 0.3 is 0 Å². The van der Waals surface area contributed by atoms with Crippen molar-refractivity contribution in [2.75, 3.05) is 20.6 Å². The van der Waals surface area contributed by atoms with Gasteiger partial charge in [-0.2, -0.15) is 5.26 Å². The summed E-state index contributed by atoms with van der Waals surface area (Å²) in [6, 6.07) is 2.13. The molecule has 0 saturated heterocycles. The maximum absolute atomic E-state index is 13.6. The molecule has 0 fully saturated rings. The third-order valence-electron chi connectivity index (χ3n) is 4.40. The highest BCUT2D eigenvalue weighted by molar-refractivity contribution is 5.48. The van der Waals surface area contributed by atoms with Gasteiger partial charge in [-0.25, -0.2) is 8.78 Å². The van der Waals surface area contributed by atoms with Crippen molar-refractivity contribution >= 4 is 0 Å². The summed E-state index contributed by atoms with van der Waals surface area (Å²) in [7, 11) is 3.75. The summed E-state index contributed by atoms with van der Waals surface area (Å²) in [6.45, 7) is 11.3. The van der Waals surface area contributed by atoms with Gasteiger partial charge in [-0.15, -0.1) is 0 Å². The van der Waals surface area contributed by atoms with Gasteiger partial charge in [0.15, 0.2) is 0 Å². The van der Waals surface area contributed by atoms with Crippen molar-refractivity contribution in [3.8, 4) is 6.07 Å². The fourth-order valence-corrected chi connectivity index (χ4v) is 2.60. The minimum atomic E-state index is -2.81. The monoisotopic (exact) mass is 373 g/mol. The van der Waals surface area contributed by atoms with Crippen LogP contribution in [0.5, 0.6) is 0 Å². The molecule has 0 radical (unpaired) electrons. The zero-order valence-corrected chi connectivity index (χ0v) is 16.7. The molecule has 0 spiro atoms. The van der Waals surface area contributed by atoms with E-state index in [1.165, 1.54) is 0 Å². The van der Waals surface area contributed by atoms with E-state index in [1.54, 1.807) is 6.08 Å². The number of rotatable bonds is 8. The Hall–Kier alpha value is -2.61. The SMILES string of the molecule is C=C(/C=C(/CC#N)N(C)C)NCC(/C=C1/C=C(C(C)(F)F)CCC1=C)=C/C. The second-order valence-corrected chi connectivity index (χ2v) is 6.87. The van der Waals surface area contributed by atoms with Crippen LogP contribution in [0.25, 0.3) is 0 Å². The molecule has 0 atom stereocenters. The second kappa shape index (κ2) is 9.91. The molecular weight excluding hydrogens is 344 g/mol. The van der Waals surface area contributed by atoms with Gasteiger partial charge in [-0.05, 0) is 54.2 Å². The lowest BCUT2D eigenvalue weighted by atomic mass is 9.87. The minimum absolute atomic E-state index is 0.143. The highest BCUT2D eigenvalue weighted by Gasteiger charge is 2.29. The molecule has 1 rings (SSSR count). The number of halogens is 2. The van der Waals surface area contributed by atoms with E-state index in [-0.39, 0.29) is 5.57 Å². The average molecular weight is 373 g/mol. The van der Waals surface area contributed by atoms with Crippen LogP contribution < -0.4 is 5.32 Å². The molecule has 0 aromatic carbocycles. The maximum Gasteiger partial charge on any atom is 0.266 e. The van der Waals surface area contributed by atoms with Gasteiger partial charge in [0, 0.05) is 39.0 Å². The van der Waals surface area contributed by atoms with Crippen LogP contribution in [-0.2, 0) is 0 Å². The Kier molecular flexibility index (Phi) is 8.24. The first kappa shape index (κ1) is 22.4. The lowest BCUT2D eigenvalue weighted by Gasteiger charge is -2.22. The number of nitriles is 1. The standard InChI is InChI=1S/C22H29F2N3/c1-7-18(15-26-17(3)12-21(10-11-25)27(5)6)13-19-14-20(22(4,23)24)9-8-16(19)2/h7,12-14,26H,2-3,8-10,15H2,1,4-6H3/b18-7+,19-13-,21-12-. The van der Waals surface area contributed by atoms with Gasteiger partial charge in [-0.3, -0.25) is 0 Å². The Labute approximate surface area is 161 Å². The number of nitrogens with one attached hydrogen (secondary N) is 1. The maximum atomic E-state index is 13.6. The van der Waals surface area contributed by atoms with Gasteiger partial charge in [-0.1, -0.05) is 25.3 Å². The molecule has 0 saturated carbocycles. The quantitative estimate of drug-likeness (QED) is 0.590. The van der Waals surface area contributed by atoms with Gasteiger partial charge in [0.25, 0.3) is 5.92 Å². The lowest BCUT2D eigenvalue weighted by molar-refractivity contribution is 0.0592. The van der Waals surface area contributed by atoms with E-state index >= 15 is 0 Å². The lowest BCUT2D eigenvalue weighted by Crippen LogP contribution is -2.18. The van der Waals surface area contributed by atoms with Crippen LogP contribution in [0, 0.1) is 11.3 Å². The smallest absolute Gasteiger partial charge is 0.266 e. The Bertz CT molecular complexity index is 739. The summed E-state index contributed by atoms with van der Waals surface area (Å²) in [5.41, 5.74) is 4.24. The van der Waals surface area contributed by atoms with E-state index in [1.807, 2.05) is 44.1 Å². The molecule has 0 unspecified atom stereocenters. The van der Waals surface area contributed by atoms with Gasteiger partial charge in [0.05, 0.1) is 12.5 Å². The van der Waals surface area contributed by atoms with Crippen LogP contribution in [0.4, 0.5) is 8.78 Å². The third kappa shape index (κ3) is 7.26. The molecule has 0 aromatic heterocycles. The number of allylic oxidation sites excluding steroid dienone is 7. The summed E-state index contributed by atoms with van der Waals surface area (Å²) >= 11 is 0. The molecule has 146 valence electrons. The molecule has 1 aliphatic carbocycles. The first-order valence-electron chi connectivity index (χ1n) is 8.90. The molecule has 1 aliphatic rings. The van der Waals surface area contributed by atoms with Gasteiger partial charge in [0.1, 0.15) is 0 Å². The molecule has 27 heavy (non-hydrogen) atoms. The number of hydrogen-bond acceptors (Lipinski definition) is 3. The molecule has 0 aliphatic heterocycles. The van der Waals surface area contributed by atoms with Crippen molar-refractivity contribution in [1.82, 2.24) is 10.2 Å². The number of hydrogen-bond donors (Lipinski definition) is 1. The molecule has 1 N–H and O–H groups in total. The highest BCUT2D eigenvalue weighted by atomic mass is 19.3. The fourth-order valence-electron chi connectivity index (χ4n) is 2.60. The first-order valence-corrected chi connectivity index (χ1v) is 8.90. The minimum Gasteiger partial charge on any atom is -0.381 e. The normalized spacial score (nSPS) is 17.4. The van der Waals surface area contributed by atoms with Crippen LogP contribution in [-0.4, -0.2) is 31.5 Å². The van der Waals surface area contributed by atoms with E-state index in [9.17, 15) is 8.78 Å². The first-order chi connectivity index (χ1) is 12.6. The van der Waals surface area contributed by atoms with Crippen LogP contribution in [0.15, 0.2) is 71.1 Å². The molecule has 0 aromatic rings. The molecule has 0 bridgehead atoms. The molecule has 0 heterocycles. The predicted molar refractivity (Wildman–Crippen MR) is 108 cm³/mol. The van der Waals surface area contributed by atoms with E-state index < -0.39 is 5.92 Å². The largest absolute Gasteiger partial charge is 0.381 e. The molecular formula is C22H29F2N3. The summed E-state index contributed by atoms with van der Waals surface area (Å²) in [4.78, 5) is 1.87. The van der Waals surface area contributed by atoms with E-state index in [0.717, 1.165) is 29.3 Å². The van der Waals surface area contributed by atoms with Crippen molar-refractivity contribution < 1.29 is 8.78 Å². The fraction of sp³-hybridized carbons (Fsp3) is 0.409. The molecule has 5 heteroatoms. The van der Waals surface area contributed by atoms with Gasteiger partial charge in [0.2, 0.25) is 0 Å². The highest BCUT2D eigenvalue weighted by Crippen LogP contribution is 2.35. The van der Waals surface area contributed by atoms with Crippen LogP contribution in [0.2, 0.25) is 0 Å². The Morgan fingerprint density at radius 1 is 1.41 bits per heavy atom. The zero-order valence-electron chi connectivity index (χ0n) is 16.7. The summed E-state index contributed by atoms with van der Waals surface area (Å²) < 4.78 is 27.3. The van der Waals surface area contributed by atoms with Crippen molar-refractivity contribution in [2.24, 2.45) is 0 Å². The topological polar surface area (TPSA) is 39.1 Å². The number of nitrogens with zero attached hydrogens (tertiary/aromatic N) is 2. The van der Waals surface area contributed by atoms with Crippen molar-refractivity contribution in [2.45, 2.75) is 39.0 Å². The molecule has 3 nitrogen and oxygen atoms in total. The number of alkyl halides is 2. The van der Waals surface area contributed by atoms with Crippen LogP contribution >= 0.6 is 0 Å². The molecule has 0 amide bonds. The zero-order chi connectivity index (χ0) is 20.6. The Morgan fingerprint density at radius 2 is 2.07 bits per heavy atom. The van der Waals surface area contributed by atoms with E-state index in [4.69, 9.17) is 5.26 Å². The summed E-state index contributed by atoms with van der Waals surface area (Å²) in [5.74, 6) is -2.81. The van der Waals surface area contributed by atoms with E-state index in [0.29, 0.717) is 31.5 Å². The summed E-state index contributed by atoms with van der Waals surface area (Å²) in [6.07, 6.45) is 8.39.